The Hall–Kier alpha value is -2.29. The second kappa shape index (κ2) is 5.73. The van der Waals surface area contributed by atoms with Gasteiger partial charge in [-0.15, -0.1) is 0 Å². The van der Waals surface area contributed by atoms with Crippen LogP contribution in [-0.2, 0) is 4.74 Å². The van der Waals surface area contributed by atoms with Crippen LogP contribution in [-0.4, -0.2) is 49.1 Å². The van der Waals surface area contributed by atoms with Gasteiger partial charge in [0.1, 0.15) is 5.69 Å². The van der Waals surface area contributed by atoms with E-state index in [9.17, 15) is 4.79 Å². The maximum atomic E-state index is 12.7. The SMILES string of the molecule is Cc1cc(C(=O)Nc2nnnn2C2CC2)n(C2CCOCC2)n1. The smallest absolute Gasteiger partial charge is 0.276 e. The summed E-state index contributed by atoms with van der Waals surface area (Å²) in [4.78, 5) is 12.7. The molecule has 0 aromatic carbocycles. The van der Waals surface area contributed by atoms with E-state index in [1.54, 1.807) is 10.7 Å². The van der Waals surface area contributed by atoms with Crippen LogP contribution in [0.1, 0.15) is 53.9 Å². The molecule has 0 unspecified atom stereocenters. The zero-order valence-corrected chi connectivity index (χ0v) is 13.0. The molecule has 1 amide bonds. The summed E-state index contributed by atoms with van der Waals surface area (Å²) in [6, 6.07) is 2.30. The van der Waals surface area contributed by atoms with Gasteiger partial charge in [0.05, 0.1) is 17.8 Å². The molecule has 1 saturated heterocycles. The molecule has 2 fully saturated rings. The number of aromatic nitrogens is 6. The predicted molar refractivity (Wildman–Crippen MR) is 80.1 cm³/mol. The zero-order chi connectivity index (χ0) is 15.8. The molecule has 1 N–H and O–H groups in total. The molecule has 3 heterocycles. The third kappa shape index (κ3) is 2.83. The molecule has 23 heavy (non-hydrogen) atoms. The highest BCUT2D eigenvalue weighted by Crippen LogP contribution is 2.35. The van der Waals surface area contributed by atoms with Crippen LogP contribution in [0.25, 0.3) is 0 Å². The number of carbonyl (C=O) groups is 1. The number of anilines is 1. The van der Waals surface area contributed by atoms with Gasteiger partial charge in [-0.2, -0.15) is 5.10 Å². The number of hydrogen-bond acceptors (Lipinski definition) is 6. The Morgan fingerprint density at radius 2 is 1.96 bits per heavy atom. The number of tetrazole rings is 1. The second-order valence-corrected chi connectivity index (χ2v) is 6.09. The molecule has 9 nitrogen and oxygen atoms in total. The summed E-state index contributed by atoms with van der Waals surface area (Å²) in [5, 5.41) is 18.8. The fourth-order valence-corrected chi connectivity index (χ4v) is 2.90. The van der Waals surface area contributed by atoms with Gasteiger partial charge < -0.3 is 4.74 Å². The number of aryl methyl sites for hydroxylation is 1. The third-order valence-corrected chi connectivity index (χ3v) is 4.24. The van der Waals surface area contributed by atoms with Gasteiger partial charge in [-0.3, -0.25) is 14.8 Å². The quantitative estimate of drug-likeness (QED) is 0.907. The van der Waals surface area contributed by atoms with E-state index in [0.29, 0.717) is 30.9 Å². The summed E-state index contributed by atoms with van der Waals surface area (Å²) in [7, 11) is 0. The predicted octanol–water partition coefficient (Wildman–Crippen LogP) is 1.12. The van der Waals surface area contributed by atoms with E-state index in [1.165, 1.54) is 0 Å². The Morgan fingerprint density at radius 1 is 1.22 bits per heavy atom. The molecule has 2 aliphatic rings. The van der Waals surface area contributed by atoms with E-state index < -0.39 is 0 Å². The third-order valence-electron chi connectivity index (χ3n) is 4.24. The van der Waals surface area contributed by atoms with E-state index in [4.69, 9.17) is 4.74 Å². The van der Waals surface area contributed by atoms with Gasteiger partial charge in [0.2, 0.25) is 5.95 Å². The van der Waals surface area contributed by atoms with Crippen molar-refractivity contribution in [3.63, 3.8) is 0 Å². The van der Waals surface area contributed by atoms with Crippen LogP contribution < -0.4 is 5.32 Å². The van der Waals surface area contributed by atoms with Crippen LogP contribution in [0, 0.1) is 6.92 Å². The Bertz CT molecular complexity index is 713. The zero-order valence-electron chi connectivity index (χ0n) is 13.0. The molecule has 0 atom stereocenters. The number of rotatable bonds is 4. The van der Waals surface area contributed by atoms with Crippen molar-refractivity contribution in [1.29, 1.82) is 0 Å². The van der Waals surface area contributed by atoms with E-state index in [1.807, 2.05) is 11.6 Å². The van der Waals surface area contributed by atoms with Gasteiger partial charge in [0.25, 0.3) is 5.91 Å². The Labute approximate surface area is 133 Å². The maximum absolute atomic E-state index is 12.7. The summed E-state index contributed by atoms with van der Waals surface area (Å²) in [6.07, 6.45) is 3.82. The minimum atomic E-state index is -0.228. The van der Waals surface area contributed by atoms with E-state index in [2.05, 4.69) is 25.9 Å². The molecule has 4 rings (SSSR count). The second-order valence-electron chi connectivity index (χ2n) is 6.09. The van der Waals surface area contributed by atoms with Gasteiger partial charge in [-0.1, -0.05) is 5.10 Å². The molecule has 0 bridgehead atoms. The van der Waals surface area contributed by atoms with Crippen molar-refractivity contribution >= 4 is 11.9 Å². The fourth-order valence-electron chi connectivity index (χ4n) is 2.90. The van der Waals surface area contributed by atoms with Crippen molar-refractivity contribution in [1.82, 2.24) is 30.0 Å². The molecule has 2 aromatic heterocycles. The topological polar surface area (TPSA) is 99.8 Å². The number of nitrogens with one attached hydrogen (secondary N) is 1. The summed E-state index contributed by atoms with van der Waals surface area (Å²) < 4.78 is 8.89. The molecule has 9 heteroatoms. The number of carbonyl (C=O) groups excluding carboxylic acids is 1. The van der Waals surface area contributed by atoms with Crippen LogP contribution in [0.15, 0.2) is 6.07 Å². The minimum Gasteiger partial charge on any atom is -0.381 e. The highest BCUT2D eigenvalue weighted by atomic mass is 16.5. The first-order valence-corrected chi connectivity index (χ1v) is 7.95. The summed E-state index contributed by atoms with van der Waals surface area (Å²) in [5.41, 5.74) is 1.36. The fraction of sp³-hybridized carbons (Fsp3) is 0.643. The summed E-state index contributed by atoms with van der Waals surface area (Å²) >= 11 is 0. The molecule has 0 spiro atoms. The molecule has 122 valence electrons. The Morgan fingerprint density at radius 3 is 2.70 bits per heavy atom. The van der Waals surface area contributed by atoms with Crippen LogP contribution in [0.4, 0.5) is 5.95 Å². The Kier molecular flexibility index (Phi) is 3.56. The van der Waals surface area contributed by atoms with Crippen LogP contribution in [0.5, 0.6) is 0 Å². The van der Waals surface area contributed by atoms with Crippen molar-refractivity contribution in [2.75, 3.05) is 18.5 Å². The highest BCUT2D eigenvalue weighted by Gasteiger charge is 2.29. The van der Waals surface area contributed by atoms with Gasteiger partial charge in [0, 0.05) is 13.2 Å². The van der Waals surface area contributed by atoms with E-state index in [-0.39, 0.29) is 11.9 Å². The van der Waals surface area contributed by atoms with Gasteiger partial charge >= 0.3 is 0 Å². The standard InChI is InChI=1S/C14H19N7O2/c1-9-8-12(20(17-9)11-4-6-23-7-5-11)13(22)15-14-16-18-19-21(14)10-2-3-10/h8,10-11H,2-7H2,1H3,(H,15,16,19,22). The lowest BCUT2D eigenvalue weighted by molar-refractivity contribution is 0.0646. The largest absolute Gasteiger partial charge is 0.381 e. The average molecular weight is 317 g/mol. The molecule has 1 saturated carbocycles. The maximum Gasteiger partial charge on any atom is 0.276 e. The monoisotopic (exact) mass is 317 g/mol. The minimum absolute atomic E-state index is 0.192. The van der Waals surface area contributed by atoms with Crippen molar-refractivity contribution in [2.24, 2.45) is 0 Å². The number of ether oxygens (including phenoxy) is 1. The average Bonchev–Trinajstić information content (AvgIpc) is 3.18. The van der Waals surface area contributed by atoms with Crippen LogP contribution in [0.2, 0.25) is 0 Å². The van der Waals surface area contributed by atoms with E-state index in [0.717, 1.165) is 31.4 Å². The Balaban J connectivity index is 1.57. The lowest BCUT2D eigenvalue weighted by Gasteiger charge is -2.23. The number of amides is 1. The first-order valence-electron chi connectivity index (χ1n) is 7.95. The number of nitrogens with zero attached hydrogens (tertiary/aromatic N) is 6. The summed E-state index contributed by atoms with van der Waals surface area (Å²) in [6.45, 7) is 3.29. The lowest BCUT2D eigenvalue weighted by atomic mass is 10.1. The molecule has 2 aromatic rings. The van der Waals surface area contributed by atoms with Gasteiger partial charge in [0.15, 0.2) is 0 Å². The highest BCUT2D eigenvalue weighted by molar-refractivity contribution is 6.02. The first-order chi connectivity index (χ1) is 11.2. The molecule has 0 radical (unpaired) electrons. The normalized spacial score (nSPS) is 19.0. The van der Waals surface area contributed by atoms with E-state index >= 15 is 0 Å². The van der Waals surface area contributed by atoms with Crippen LogP contribution >= 0.6 is 0 Å². The molecular weight excluding hydrogens is 298 g/mol. The van der Waals surface area contributed by atoms with Crippen molar-refractivity contribution < 1.29 is 9.53 Å². The van der Waals surface area contributed by atoms with Crippen molar-refractivity contribution in [3.05, 3.63) is 17.5 Å². The first kappa shape index (κ1) is 14.3. The van der Waals surface area contributed by atoms with Crippen LogP contribution in [0.3, 0.4) is 0 Å². The number of hydrogen-bond donors (Lipinski definition) is 1. The molecule has 1 aliphatic heterocycles. The molecule has 1 aliphatic carbocycles. The van der Waals surface area contributed by atoms with Crippen molar-refractivity contribution in [3.8, 4) is 0 Å². The van der Waals surface area contributed by atoms with Gasteiger partial charge in [-0.05, 0) is 49.1 Å². The summed E-state index contributed by atoms with van der Waals surface area (Å²) in [5.74, 6) is 0.170. The lowest BCUT2D eigenvalue weighted by Crippen LogP contribution is -2.26. The van der Waals surface area contributed by atoms with Crippen molar-refractivity contribution in [2.45, 2.75) is 44.7 Å². The van der Waals surface area contributed by atoms with Gasteiger partial charge in [-0.25, -0.2) is 4.68 Å². The molecular formula is C14H19N7O2.